The van der Waals surface area contributed by atoms with Gasteiger partial charge in [0.15, 0.2) is 0 Å². The lowest BCUT2D eigenvalue weighted by Gasteiger charge is -2.31. The Morgan fingerprint density at radius 3 is 2.15 bits per heavy atom. The number of likely N-dealkylation sites (tertiary alicyclic amines) is 1. The largest absolute Gasteiger partial charge is 0.352 e. The summed E-state index contributed by atoms with van der Waals surface area (Å²) in [6.45, 7) is 10.2. The van der Waals surface area contributed by atoms with Gasteiger partial charge in [-0.05, 0) is 81.8 Å². The highest BCUT2D eigenvalue weighted by Crippen LogP contribution is 2.29. The topological polar surface area (TPSA) is 69.7 Å². The summed E-state index contributed by atoms with van der Waals surface area (Å²) in [6.07, 6.45) is 3.61. The molecule has 2 saturated heterocycles. The molecule has 0 radical (unpaired) electrons. The molecule has 0 aliphatic carbocycles. The van der Waals surface area contributed by atoms with Crippen molar-refractivity contribution in [1.29, 1.82) is 0 Å². The van der Waals surface area contributed by atoms with Crippen LogP contribution in [0.25, 0.3) is 0 Å². The van der Waals surface area contributed by atoms with Crippen LogP contribution in [0.5, 0.6) is 0 Å². The van der Waals surface area contributed by atoms with E-state index < -0.39 is 10.0 Å². The lowest BCUT2D eigenvalue weighted by molar-refractivity contribution is -0.126. The molecule has 2 heterocycles. The van der Waals surface area contributed by atoms with Crippen molar-refractivity contribution in [3.63, 3.8) is 0 Å². The van der Waals surface area contributed by atoms with Crippen molar-refractivity contribution in [1.82, 2.24) is 14.5 Å². The number of piperidine rings is 1. The molecule has 4 rings (SSSR count). The number of hydrogen-bond donors (Lipinski definition) is 1. The predicted octanol–water partition coefficient (Wildman–Crippen LogP) is 3.92. The number of rotatable bonds is 7. The Balaban J connectivity index is 1.34. The molecule has 2 aliphatic rings. The monoisotopic (exact) mass is 483 g/mol. The fourth-order valence-electron chi connectivity index (χ4n) is 5.45. The maximum absolute atomic E-state index is 13.3. The van der Waals surface area contributed by atoms with Crippen LogP contribution >= 0.6 is 0 Å². The quantitative estimate of drug-likeness (QED) is 0.648. The lowest BCUT2D eigenvalue weighted by Crippen LogP contribution is -2.43. The third kappa shape index (κ3) is 5.53. The highest BCUT2D eigenvalue weighted by Gasteiger charge is 2.33. The van der Waals surface area contributed by atoms with Crippen molar-refractivity contribution in [2.45, 2.75) is 64.4 Å². The molecule has 2 aromatic carbocycles. The molecular weight excluding hydrogens is 446 g/mol. The van der Waals surface area contributed by atoms with Crippen molar-refractivity contribution >= 4 is 15.9 Å². The van der Waals surface area contributed by atoms with Gasteiger partial charge in [-0.1, -0.05) is 42.0 Å². The van der Waals surface area contributed by atoms with Crippen LogP contribution < -0.4 is 5.32 Å². The number of nitrogens with one attached hydrogen (secondary N) is 1. The number of amides is 1. The van der Waals surface area contributed by atoms with E-state index in [9.17, 15) is 13.2 Å². The molecule has 7 heteroatoms. The summed E-state index contributed by atoms with van der Waals surface area (Å²) >= 11 is 0. The highest BCUT2D eigenvalue weighted by molar-refractivity contribution is 7.89. The molecule has 2 aliphatic heterocycles. The Morgan fingerprint density at radius 1 is 0.941 bits per heavy atom. The zero-order chi connectivity index (χ0) is 24.3. The number of nitrogens with zero attached hydrogens (tertiary/aromatic N) is 2. The summed E-state index contributed by atoms with van der Waals surface area (Å²) in [5.41, 5.74) is 5.06. The molecule has 34 heavy (non-hydrogen) atoms. The normalized spacial score (nSPS) is 18.3. The molecule has 2 aromatic rings. The summed E-state index contributed by atoms with van der Waals surface area (Å²) in [7, 11) is -3.56. The van der Waals surface area contributed by atoms with Crippen LogP contribution in [0.15, 0.2) is 41.3 Å². The van der Waals surface area contributed by atoms with E-state index in [2.05, 4.69) is 28.4 Å². The van der Waals surface area contributed by atoms with Crippen molar-refractivity contribution in [2.75, 3.05) is 26.2 Å². The lowest BCUT2D eigenvalue weighted by atomic mass is 9.97. The molecule has 0 bridgehead atoms. The van der Waals surface area contributed by atoms with Gasteiger partial charge in [0.25, 0.3) is 0 Å². The first kappa shape index (κ1) is 24.9. The standard InChI is InChI=1S/C27H37N3O3S/c1-20-16-21(2)26(22(3)17-20)34(32,33)30-14-10-23(11-15-30)27(31)28-18-24-8-4-5-9-25(24)19-29-12-6-7-13-29/h4-5,8-9,16-17,23H,6-7,10-15,18-19H2,1-3H3,(H,28,31). The van der Waals surface area contributed by atoms with E-state index >= 15 is 0 Å². The van der Waals surface area contributed by atoms with Crippen molar-refractivity contribution in [3.8, 4) is 0 Å². The van der Waals surface area contributed by atoms with E-state index in [1.807, 2.05) is 39.0 Å². The van der Waals surface area contributed by atoms with E-state index in [1.165, 1.54) is 18.4 Å². The minimum atomic E-state index is -3.56. The highest BCUT2D eigenvalue weighted by atomic mass is 32.2. The first-order valence-corrected chi connectivity index (χ1v) is 13.8. The van der Waals surface area contributed by atoms with Gasteiger partial charge in [-0.2, -0.15) is 4.31 Å². The van der Waals surface area contributed by atoms with Gasteiger partial charge < -0.3 is 5.32 Å². The third-order valence-corrected chi connectivity index (χ3v) is 9.40. The Bertz CT molecular complexity index is 1110. The average Bonchev–Trinajstić information content (AvgIpc) is 3.30. The van der Waals surface area contributed by atoms with Crippen LogP contribution in [0.2, 0.25) is 0 Å². The fourth-order valence-corrected chi connectivity index (χ4v) is 7.33. The van der Waals surface area contributed by atoms with E-state index in [0.29, 0.717) is 37.4 Å². The summed E-state index contributed by atoms with van der Waals surface area (Å²) in [4.78, 5) is 15.8. The first-order chi connectivity index (χ1) is 16.3. The third-order valence-electron chi connectivity index (χ3n) is 7.19. The molecule has 1 amide bonds. The van der Waals surface area contributed by atoms with Crippen LogP contribution in [-0.4, -0.2) is 49.7 Å². The number of aryl methyl sites for hydroxylation is 3. The number of benzene rings is 2. The fraction of sp³-hybridized carbons (Fsp3) is 0.519. The molecule has 0 saturated carbocycles. The molecule has 184 valence electrons. The second-order valence-corrected chi connectivity index (χ2v) is 11.8. The molecule has 0 spiro atoms. The molecule has 2 fully saturated rings. The summed E-state index contributed by atoms with van der Waals surface area (Å²) < 4.78 is 28.2. The van der Waals surface area contributed by atoms with Gasteiger partial charge in [0.05, 0.1) is 4.90 Å². The van der Waals surface area contributed by atoms with Crippen molar-refractivity contribution in [2.24, 2.45) is 5.92 Å². The minimum absolute atomic E-state index is 0.0238. The second kappa shape index (κ2) is 10.6. The van der Waals surface area contributed by atoms with Gasteiger partial charge in [0.2, 0.25) is 15.9 Å². The van der Waals surface area contributed by atoms with Gasteiger partial charge in [-0.25, -0.2) is 8.42 Å². The molecule has 0 atom stereocenters. The maximum Gasteiger partial charge on any atom is 0.243 e. The van der Waals surface area contributed by atoms with Crippen LogP contribution in [0, 0.1) is 26.7 Å². The zero-order valence-corrected chi connectivity index (χ0v) is 21.5. The number of sulfonamides is 1. The van der Waals surface area contributed by atoms with Gasteiger partial charge in [-0.3, -0.25) is 9.69 Å². The summed E-state index contributed by atoms with van der Waals surface area (Å²) in [5.74, 6) is -0.131. The van der Waals surface area contributed by atoms with Gasteiger partial charge in [-0.15, -0.1) is 0 Å². The zero-order valence-electron chi connectivity index (χ0n) is 20.6. The smallest absolute Gasteiger partial charge is 0.243 e. The average molecular weight is 484 g/mol. The Kier molecular flexibility index (Phi) is 7.75. The number of carbonyl (C=O) groups is 1. The molecule has 0 unspecified atom stereocenters. The molecule has 1 N–H and O–H groups in total. The summed E-state index contributed by atoms with van der Waals surface area (Å²) in [5, 5.41) is 3.12. The van der Waals surface area contributed by atoms with Gasteiger partial charge in [0.1, 0.15) is 0 Å². The molecule has 6 nitrogen and oxygen atoms in total. The Labute approximate surface area is 204 Å². The van der Waals surface area contributed by atoms with Crippen molar-refractivity contribution < 1.29 is 13.2 Å². The Morgan fingerprint density at radius 2 is 1.53 bits per heavy atom. The maximum atomic E-state index is 13.3. The van der Waals surface area contributed by atoms with E-state index in [0.717, 1.165) is 41.9 Å². The van der Waals surface area contributed by atoms with Gasteiger partial charge in [0, 0.05) is 32.1 Å². The van der Waals surface area contributed by atoms with Crippen LogP contribution in [0.1, 0.15) is 53.5 Å². The van der Waals surface area contributed by atoms with Crippen LogP contribution in [0.4, 0.5) is 0 Å². The Hall–Kier alpha value is -2.22. The van der Waals surface area contributed by atoms with E-state index in [1.54, 1.807) is 4.31 Å². The second-order valence-electron chi connectivity index (χ2n) is 9.88. The number of carbonyl (C=O) groups excluding carboxylic acids is 1. The first-order valence-electron chi connectivity index (χ1n) is 12.4. The molecular formula is C27H37N3O3S. The van der Waals surface area contributed by atoms with Crippen molar-refractivity contribution in [3.05, 3.63) is 64.2 Å². The molecule has 0 aromatic heterocycles. The predicted molar refractivity (Wildman–Crippen MR) is 135 cm³/mol. The summed E-state index contributed by atoms with van der Waals surface area (Å²) in [6, 6.07) is 12.2. The SMILES string of the molecule is Cc1cc(C)c(S(=O)(=O)N2CCC(C(=O)NCc3ccccc3CN3CCCC3)CC2)c(C)c1. The van der Waals surface area contributed by atoms with Gasteiger partial charge >= 0.3 is 0 Å². The number of hydrogen-bond acceptors (Lipinski definition) is 4. The minimum Gasteiger partial charge on any atom is -0.352 e. The van der Waals surface area contributed by atoms with Crippen LogP contribution in [-0.2, 0) is 27.9 Å². The van der Waals surface area contributed by atoms with E-state index in [4.69, 9.17) is 0 Å². The van der Waals surface area contributed by atoms with Crippen LogP contribution in [0.3, 0.4) is 0 Å². The van der Waals surface area contributed by atoms with E-state index in [-0.39, 0.29) is 11.8 Å².